The third-order valence-corrected chi connectivity index (χ3v) is 4.68. The van der Waals surface area contributed by atoms with E-state index in [-0.39, 0.29) is 18.8 Å². The highest BCUT2D eigenvalue weighted by Crippen LogP contribution is 2.30. The Labute approximate surface area is 136 Å². The summed E-state index contributed by atoms with van der Waals surface area (Å²) in [6.45, 7) is 1.97. The topological polar surface area (TPSA) is 60.8 Å². The molecule has 0 bridgehead atoms. The molecule has 1 heterocycles. The van der Waals surface area contributed by atoms with E-state index in [1.54, 1.807) is 11.8 Å². The summed E-state index contributed by atoms with van der Waals surface area (Å²) in [5, 5.41) is 19.6. The number of carbonyl (C=O) groups is 1. The van der Waals surface area contributed by atoms with Gasteiger partial charge in [0.15, 0.2) is 0 Å². The predicted molar refractivity (Wildman–Crippen MR) is 86.9 cm³/mol. The monoisotopic (exact) mass is 323 g/mol. The molecule has 1 fully saturated rings. The number of halogens is 1. The fraction of sp³-hybridized carbons (Fsp3) is 0.611. The van der Waals surface area contributed by atoms with Gasteiger partial charge in [-0.1, -0.05) is 37.3 Å². The predicted octanol–water partition coefficient (Wildman–Crippen LogP) is 1.73. The minimum Gasteiger partial charge on any atom is -0.395 e. The van der Waals surface area contributed by atoms with Gasteiger partial charge in [0, 0.05) is 18.9 Å². The molecule has 1 aliphatic rings. The summed E-state index contributed by atoms with van der Waals surface area (Å²) in [5.74, 6) is 0.00731. The largest absolute Gasteiger partial charge is 0.395 e. The lowest BCUT2D eigenvalue weighted by molar-refractivity contribution is -0.120. The van der Waals surface area contributed by atoms with Gasteiger partial charge < -0.3 is 10.2 Å². The van der Waals surface area contributed by atoms with Crippen molar-refractivity contribution in [3.8, 4) is 0 Å². The number of aliphatic hydroxyl groups excluding tert-OH is 2. The zero-order valence-corrected chi connectivity index (χ0v) is 13.6. The molecular weight excluding hydrogens is 297 g/mol. The third kappa shape index (κ3) is 4.37. The van der Waals surface area contributed by atoms with E-state index in [2.05, 4.69) is 0 Å². The average Bonchev–Trinajstić information content (AvgIpc) is 2.80. The van der Waals surface area contributed by atoms with E-state index >= 15 is 0 Å². The second-order valence-electron chi connectivity index (χ2n) is 6.18. The number of Topliss-reactive ketones (excluding diaryl/α,β-unsaturated/α-hetero) is 1. The third-order valence-electron chi connectivity index (χ3n) is 4.68. The average molecular weight is 323 g/mol. The Hall–Kier alpha value is -1.30. The molecule has 0 amide bonds. The molecule has 1 aromatic rings. The number of ketones is 1. The van der Waals surface area contributed by atoms with Gasteiger partial charge in [-0.25, -0.2) is 4.39 Å². The lowest BCUT2D eigenvalue weighted by atomic mass is 10.0. The zero-order chi connectivity index (χ0) is 16.8. The number of aliphatic hydroxyl groups is 2. The molecule has 1 saturated heterocycles. The minimum absolute atomic E-state index is 0.00731. The van der Waals surface area contributed by atoms with E-state index in [0.29, 0.717) is 13.0 Å². The van der Waals surface area contributed by atoms with E-state index in [4.69, 9.17) is 0 Å². The van der Waals surface area contributed by atoms with E-state index in [1.165, 1.54) is 5.56 Å². The summed E-state index contributed by atoms with van der Waals surface area (Å²) >= 11 is 0. The van der Waals surface area contributed by atoms with Crippen molar-refractivity contribution >= 4 is 5.78 Å². The first-order valence-electron chi connectivity index (χ1n) is 8.32. The van der Waals surface area contributed by atoms with Crippen molar-refractivity contribution in [2.45, 2.75) is 57.0 Å². The lowest BCUT2D eigenvalue weighted by Gasteiger charge is -2.29. The quantitative estimate of drug-likeness (QED) is 0.765. The van der Waals surface area contributed by atoms with Crippen molar-refractivity contribution in [3.63, 3.8) is 0 Å². The highest BCUT2D eigenvalue weighted by atomic mass is 19.1. The number of nitrogens with zero attached hydrogens (tertiary/aromatic N) is 1. The summed E-state index contributed by atoms with van der Waals surface area (Å²) < 4.78 is 14.2. The fourth-order valence-electron chi connectivity index (χ4n) is 3.33. The Kier molecular flexibility index (Phi) is 6.69. The van der Waals surface area contributed by atoms with Crippen LogP contribution in [0.5, 0.6) is 0 Å². The number of hydrogen-bond acceptors (Lipinski definition) is 4. The van der Waals surface area contributed by atoms with Crippen LogP contribution in [0.4, 0.5) is 4.39 Å². The van der Waals surface area contributed by atoms with Crippen LogP contribution in [0.25, 0.3) is 0 Å². The molecular formula is C18H26FNO3. The zero-order valence-electron chi connectivity index (χ0n) is 13.6. The standard InChI is InChI=1S/C18H26FNO3/c1-2-14(22)11-15-18(23)17(19)16(12-21)20(15)10-6-9-13-7-4-3-5-8-13/h3-5,7-8,15-18,21,23H,2,6,9-12H2,1H3/t15-,16-,17+,18-/m1/s1. The van der Waals surface area contributed by atoms with Crippen molar-refractivity contribution in [2.24, 2.45) is 0 Å². The Morgan fingerprint density at radius 2 is 1.96 bits per heavy atom. The van der Waals surface area contributed by atoms with Gasteiger partial charge >= 0.3 is 0 Å². The smallest absolute Gasteiger partial charge is 0.145 e. The second-order valence-corrected chi connectivity index (χ2v) is 6.18. The maximum absolute atomic E-state index is 14.2. The van der Waals surface area contributed by atoms with Gasteiger partial charge in [-0.3, -0.25) is 9.69 Å². The molecule has 1 aromatic carbocycles. The van der Waals surface area contributed by atoms with Gasteiger partial charge in [-0.05, 0) is 24.9 Å². The highest BCUT2D eigenvalue weighted by molar-refractivity contribution is 5.78. The number of aryl methyl sites for hydroxylation is 1. The second kappa shape index (κ2) is 8.52. The summed E-state index contributed by atoms with van der Waals surface area (Å²) in [5.41, 5.74) is 1.20. The highest BCUT2D eigenvalue weighted by Gasteiger charge is 2.48. The molecule has 128 valence electrons. The molecule has 5 heteroatoms. The number of benzene rings is 1. The van der Waals surface area contributed by atoms with Crippen LogP contribution >= 0.6 is 0 Å². The van der Waals surface area contributed by atoms with Crippen LogP contribution in [0.3, 0.4) is 0 Å². The molecule has 23 heavy (non-hydrogen) atoms. The van der Waals surface area contributed by atoms with Crippen molar-refractivity contribution in [3.05, 3.63) is 35.9 Å². The molecule has 2 N–H and O–H groups in total. The Balaban J connectivity index is 2.00. The first-order valence-corrected chi connectivity index (χ1v) is 8.32. The normalized spacial score (nSPS) is 28.2. The number of alkyl halides is 1. The number of carbonyl (C=O) groups excluding carboxylic acids is 1. The summed E-state index contributed by atoms with van der Waals surface area (Å²) in [6, 6.07) is 8.73. The van der Waals surface area contributed by atoms with Crippen molar-refractivity contribution in [1.82, 2.24) is 4.90 Å². The molecule has 0 aliphatic carbocycles. The number of likely N-dealkylation sites (tertiary alicyclic amines) is 1. The molecule has 4 nitrogen and oxygen atoms in total. The first kappa shape index (κ1) is 18.0. The molecule has 0 unspecified atom stereocenters. The Bertz CT molecular complexity index is 496. The molecule has 2 rings (SSSR count). The van der Waals surface area contributed by atoms with Crippen LogP contribution in [-0.4, -0.2) is 58.4 Å². The van der Waals surface area contributed by atoms with Gasteiger partial charge in [-0.15, -0.1) is 0 Å². The van der Waals surface area contributed by atoms with Gasteiger partial charge in [0.1, 0.15) is 18.1 Å². The molecule has 0 radical (unpaired) electrons. The molecule has 0 saturated carbocycles. The Morgan fingerprint density at radius 3 is 2.57 bits per heavy atom. The molecule has 0 spiro atoms. The first-order chi connectivity index (χ1) is 11.1. The van der Waals surface area contributed by atoms with Crippen LogP contribution in [0, 0.1) is 0 Å². The van der Waals surface area contributed by atoms with E-state index < -0.39 is 24.4 Å². The van der Waals surface area contributed by atoms with Crippen molar-refractivity contribution < 1.29 is 19.4 Å². The molecule has 4 atom stereocenters. The van der Waals surface area contributed by atoms with E-state index in [9.17, 15) is 19.4 Å². The van der Waals surface area contributed by atoms with Crippen LogP contribution in [0.1, 0.15) is 31.7 Å². The van der Waals surface area contributed by atoms with Crippen LogP contribution < -0.4 is 0 Å². The van der Waals surface area contributed by atoms with E-state index in [0.717, 1.165) is 12.8 Å². The maximum atomic E-state index is 14.2. The fourth-order valence-corrected chi connectivity index (χ4v) is 3.33. The maximum Gasteiger partial charge on any atom is 0.145 e. The summed E-state index contributed by atoms with van der Waals surface area (Å²) in [4.78, 5) is 13.5. The Morgan fingerprint density at radius 1 is 1.26 bits per heavy atom. The lowest BCUT2D eigenvalue weighted by Crippen LogP contribution is -2.42. The van der Waals surface area contributed by atoms with Crippen LogP contribution in [0.15, 0.2) is 30.3 Å². The van der Waals surface area contributed by atoms with Gasteiger partial charge in [0.05, 0.1) is 12.6 Å². The minimum atomic E-state index is -1.51. The summed E-state index contributed by atoms with van der Waals surface area (Å²) in [6.07, 6.45) is -0.569. The SMILES string of the molecule is CCC(=O)C[C@@H]1[C@@H](O)[C@@H](F)[C@@H](CO)N1CCCc1ccccc1. The number of rotatable bonds is 8. The van der Waals surface area contributed by atoms with Gasteiger partial charge in [0.2, 0.25) is 0 Å². The molecule has 1 aliphatic heterocycles. The number of hydrogen-bond donors (Lipinski definition) is 2. The van der Waals surface area contributed by atoms with Gasteiger partial charge in [0.25, 0.3) is 0 Å². The molecule has 0 aromatic heterocycles. The van der Waals surface area contributed by atoms with Crippen LogP contribution in [0.2, 0.25) is 0 Å². The van der Waals surface area contributed by atoms with E-state index in [1.807, 2.05) is 30.3 Å². The van der Waals surface area contributed by atoms with Crippen molar-refractivity contribution in [2.75, 3.05) is 13.2 Å². The van der Waals surface area contributed by atoms with Crippen molar-refractivity contribution in [1.29, 1.82) is 0 Å². The summed E-state index contributed by atoms with van der Waals surface area (Å²) in [7, 11) is 0. The van der Waals surface area contributed by atoms with Crippen LogP contribution in [-0.2, 0) is 11.2 Å². The van der Waals surface area contributed by atoms with Gasteiger partial charge in [-0.2, -0.15) is 0 Å².